The third-order valence-corrected chi connectivity index (χ3v) is 7.40. The van der Waals surface area contributed by atoms with E-state index < -0.39 is 6.09 Å². The molecule has 3 aromatic heterocycles. The minimum absolute atomic E-state index is 0.0131. The second-order valence-electron chi connectivity index (χ2n) is 6.77. The Bertz CT molecular complexity index is 1060. The van der Waals surface area contributed by atoms with E-state index in [2.05, 4.69) is 14.9 Å². The number of fused-ring (bicyclic) bond motifs is 5. The van der Waals surface area contributed by atoms with E-state index in [1.54, 1.807) is 11.1 Å². The first-order valence-corrected chi connectivity index (χ1v) is 11.0. The van der Waals surface area contributed by atoms with Crippen molar-refractivity contribution in [2.45, 2.75) is 30.1 Å². The van der Waals surface area contributed by atoms with Crippen LogP contribution in [-0.2, 0) is 0 Å². The molecule has 2 fully saturated rings. The summed E-state index contributed by atoms with van der Waals surface area (Å²) < 4.78 is 0.912. The third-order valence-electron chi connectivity index (χ3n) is 5.35. The molecule has 2 aliphatic heterocycles. The topological polar surface area (TPSA) is 82.5 Å². The van der Waals surface area contributed by atoms with Crippen molar-refractivity contribution in [1.29, 1.82) is 0 Å². The highest BCUT2D eigenvalue weighted by Gasteiger charge is 2.43. The lowest BCUT2D eigenvalue weighted by Gasteiger charge is -2.40. The average molecular weight is 422 g/mol. The maximum Gasteiger partial charge on any atom is 0.407 e. The Hall–Kier alpha value is -1.84. The first kappa shape index (κ1) is 17.3. The van der Waals surface area contributed by atoms with Crippen LogP contribution in [0, 0.1) is 0 Å². The molecule has 1 N–H and O–H groups in total. The zero-order valence-corrected chi connectivity index (χ0v) is 16.8. The van der Waals surface area contributed by atoms with Crippen LogP contribution in [0.1, 0.15) is 12.8 Å². The number of halogens is 1. The van der Waals surface area contributed by atoms with E-state index in [1.165, 1.54) is 23.1 Å². The molecule has 5 heterocycles. The number of thioether (sulfide) groups is 1. The molecule has 1 amide bonds. The summed E-state index contributed by atoms with van der Waals surface area (Å²) in [4.78, 5) is 30.0. The van der Waals surface area contributed by atoms with Gasteiger partial charge in [-0.1, -0.05) is 23.4 Å². The highest BCUT2D eigenvalue weighted by atomic mass is 35.5. The van der Waals surface area contributed by atoms with Crippen LogP contribution in [0.5, 0.6) is 0 Å². The lowest BCUT2D eigenvalue weighted by molar-refractivity contribution is 0.114. The highest BCUT2D eigenvalue weighted by Crippen LogP contribution is 2.42. The monoisotopic (exact) mass is 421 g/mol. The number of amides is 1. The van der Waals surface area contributed by atoms with Crippen molar-refractivity contribution in [1.82, 2.24) is 19.9 Å². The molecule has 0 aliphatic carbocycles. The van der Waals surface area contributed by atoms with Gasteiger partial charge in [-0.25, -0.2) is 19.7 Å². The van der Waals surface area contributed by atoms with E-state index in [9.17, 15) is 9.90 Å². The number of piperazine rings is 1. The molecule has 7 nitrogen and oxygen atoms in total. The molecule has 0 radical (unpaired) electrons. The molecule has 10 heteroatoms. The van der Waals surface area contributed by atoms with Crippen LogP contribution >= 0.6 is 34.7 Å². The van der Waals surface area contributed by atoms with Crippen LogP contribution in [0.3, 0.4) is 0 Å². The predicted octanol–water partition coefficient (Wildman–Crippen LogP) is 3.95. The quantitative estimate of drug-likeness (QED) is 0.381. The Morgan fingerprint density at radius 3 is 2.74 bits per heavy atom. The Morgan fingerprint density at radius 2 is 2.07 bits per heavy atom. The number of nitrogens with zero attached hydrogens (tertiary/aromatic N) is 5. The summed E-state index contributed by atoms with van der Waals surface area (Å²) >= 11 is 9.34. The van der Waals surface area contributed by atoms with Gasteiger partial charge in [0.15, 0.2) is 5.16 Å². The van der Waals surface area contributed by atoms with Crippen LogP contribution in [0.15, 0.2) is 17.4 Å². The first-order valence-electron chi connectivity index (χ1n) is 8.61. The molecule has 2 saturated heterocycles. The zero-order chi connectivity index (χ0) is 18.7. The van der Waals surface area contributed by atoms with Gasteiger partial charge in [0.2, 0.25) is 0 Å². The highest BCUT2D eigenvalue weighted by molar-refractivity contribution is 7.98. The fourth-order valence-corrected chi connectivity index (χ4v) is 5.98. The Labute approximate surface area is 168 Å². The van der Waals surface area contributed by atoms with Crippen molar-refractivity contribution in [3.63, 3.8) is 0 Å². The third kappa shape index (κ3) is 2.63. The number of carboxylic acid groups (broad SMARTS) is 1. The lowest BCUT2D eigenvalue weighted by atomic mass is 10.1. The van der Waals surface area contributed by atoms with Gasteiger partial charge >= 0.3 is 6.09 Å². The normalized spacial score (nSPS) is 22.1. The van der Waals surface area contributed by atoms with E-state index in [0.29, 0.717) is 23.4 Å². The van der Waals surface area contributed by atoms with Gasteiger partial charge in [0.1, 0.15) is 15.8 Å². The molecule has 140 valence electrons. The lowest BCUT2D eigenvalue weighted by Crippen LogP contribution is -2.55. The van der Waals surface area contributed by atoms with Crippen molar-refractivity contribution in [2.24, 2.45) is 0 Å². The van der Waals surface area contributed by atoms with E-state index in [-0.39, 0.29) is 12.1 Å². The van der Waals surface area contributed by atoms with Crippen LogP contribution in [-0.4, -0.2) is 62.5 Å². The molecular formula is C17H16ClN5O2S2. The van der Waals surface area contributed by atoms with Crippen molar-refractivity contribution >= 4 is 66.9 Å². The summed E-state index contributed by atoms with van der Waals surface area (Å²) in [6, 6.07) is 1.98. The van der Waals surface area contributed by atoms with Gasteiger partial charge in [-0.2, -0.15) is 0 Å². The molecular weight excluding hydrogens is 406 g/mol. The summed E-state index contributed by atoms with van der Waals surface area (Å²) in [5, 5.41) is 12.7. The number of anilines is 1. The second-order valence-corrected chi connectivity index (χ2v) is 8.90. The molecule has 0 unspecified atom stereocenters. The van der Waals surface area contributed by atoms with Crippen LogP contribution < -0.4 is 4.90 Å². The van der Waals surface area contributed by atoms with E-state index in [4.69, 9.17) is 16.6 Å². The fourth-order valence-electron chi connectivity index (χ4n) is 4.24. The molecule has 2 atom stereocenters. The number of hydrogen-bond donors (Lipinski definition) is 1. The smallest absolute Gasteiger partial charge is 0.407 e. The molecule has 0 aromatic carbocycles. The second kappa shape index (κ2) is 6.35. The van der Waals surface area contributed by atoms with Crippen molar-refractivity contribution < 1.29 is 9.90 Å². The number of hydrogen-bond acceptors (Lipinski definition) is 7. The maximum absolute atomic E-state index is 11.6. The Balaban J connectivity index is 1.68. The van der Waals surface area contributed by atoms with Gasteiger partial charge in [-0.15, -0.1) is 11.3 Å². The van der Waals surface area contributed by atoms with Crippen molar-refractivity contribution in [2.75, 3.05) is 24.2 Å². The number of aromatic nitrogens is 3. The predicted molar refractivity (Wildman–Crippen MR) is 108 cm³/mol. The van der Waals surface area contributed by atoms with Crippen LogP contribution in [0.2, 0.25) is 5.15 Å². The first-order chi connectivity index (χ1) is 13.1. The maximum atomic E-state index is 11.6. The van der Waals surface area contributed by atoms with Gasteiger partial charge in [-0.3, -0.25) is 4.90 Å². The van der Waals surface area contributed by atoms with Crippen LogP contribution in [0.25, 0.3) is 20.3 Å². The standard InChI is InChI=1S/C17H16ClN5O2S2/c1-26-16-20-14(22-6-8-2-3-9(7-22)23(8)17(24)25)11-10-4-5-19-13(18)12(10)27-15(11)21-16/h4-5,8-9H,2-3,6-7H2,1H3,(H,24,25)/t8-,9+. The Kier molecular flexibility index (Phi) is 4.06. The summed E-state index contributed by atoms with van der Waals surface area (Å²) in [6.45, 7) is 1.30. The summed E-state index contributed by atoms with van der Waals surface area (Å²) in [7, 11) is 0. The van der Waals surface area contributed by atoms with Gasteiger partial charge in [0, 0.05) is 24.7 Å². The van der Waals surface area contributed by atoms with Crippen molar-refractivity contribution in [3.8, 4) is 0 Å². The Morgan fingerprint density at radius 1 is 1.33 bits per heavy atom. The van der Waals surface area contributed by atoms with Crippen molar-refractivity contribution in [3.05, 3.63) is 17.4 Å². The number of carbonyl (C=O) groups is 1. The zero-order valence-electron chi connectivity index (χ0n) is 14.4. The molecule has 2 aliphatic rings. The summed E-state index contributed by atoms with van der Waals surface area (Å²) in [5.74, 6) is 0.875. The van der Waals surface area contributed by atoms with E-state index in [0.717, 1.165) is 39.0 Å². The van der Waals surface area contributed by atoms with Gasteiger partial charge in [0.05, 0.1) is 22.2 Å². The molecule has 0 saturated carbocycles. The minimum atomic E-state index is -0.821. The molecule has 2 bridgehead atoms. The fraction of sp³-hybridized carbons (Fsp3) is 0.412. The summed E-state index contributed by atoms with van der Waals surface area (Å²) in [6.07, 6.45) is 4.64. The number of thiophene rings is 1. The van der Waals surface area contributed by atoms with E-state index in [1.807, 2.05) is 12.3 Å². The van der Waals surface area contributed by atoms with E-state index >= 15 is 0 Å². The van der Waals surface area contributed by atoms with Gasteiger partial charge in [-0.05, 0) is 25.2 Å². The molecule has 0 spiro atoms. The summed E-state index contributed by atoms with van der Waals surface area (Å²) in [5.41, 5.74) is 0. The number of pyridine rings is 1. The van der Waals surface area contributed by atoms with Crippen LogP contribution in [0.4, 0.5) is 10.6 Å². The van der Waals surface area contributed by atoms with Gasteiger partial charge < -0.3 is 10.0 Å². The molecule has 27 heavy (non-hydrogen) atoms. The SMILES string of the molecule is CSc1nc(N2C[C@H]3CC[C@@H](C2)N3C(=O)O)c2c(n1)sc1c(Cl)nccc12. The molecule has 3 aromatic rings. The largest absolute Gasteiger partial charge is 0.465 e. The average Bonchev–Trinajstić information content (AvgIpc) is 3.16. The minimum Gasteiger partial charge on any atom is -0.465 e. The number of rotatable bonds is 2. The van der Waals surface area contributed by atoms with Gasteiger partial charge in [0.25, 0.3) is 0 Å². The molecule has 5 rings (SSSR count).